The molecule has 3 N–H and O–H groups in total. The van der Waals surface area contributed by atoms with Gasteiger partial charge in [0.25, 0.3) is 5.56 Å². The van der Waals surface area contributed by atoms with Crippen molar-refractivity contribution in [1.82, 2.24) is 15.6 Å². The summed E-state index contributed by atoms with van der Waals surface area (Å²) in [7, 11) is 0. The number of nitrogens with zero attached hydrogens (tertiary/aromatic N) is 5. The van der Waals surface area contributed by atoms with Gasteiger partial charge in [-0.15, -0.1) is 10.2 Å². The fraction of sp³-hybridized carbons (Fsp3) is 0.0500. The number of carbonyl (C=O) groups excluding carboxylic acids is 1. The van der Waals surface area contributed by atoms with Gasteiger partial charge in [-0.3, -0.25) is 25.2 Å². The van der Waals surface area contributed by atoms with Gasteiger partial charge in [-0.05, 0) is 12.1 Å². The molecule has 0 bridgehead atoms. The summed E-state index contributed by atoms with van der Waals surface area (Å²) in [6, 6.07) is 13.5. The van der Waals surface area contributed by atoms with Crippen LogP contribution in [0, 0.1) is 17.2 Å². The third-order valence-electron chi connectivity index (χ3n) is 4.76. The lowest BCUT2D eigenvalue weighted by Crippen LogP contribution is -2.44. The molecule has 150 valence electrons. The summed E-state index contributed by atoms with van der Waals surface area (Å²) in [5.74, 6) is -0.285. The Labute approximate surface area is 172 Å². The highest BCUT2D eigenvalue weighted by atomic mass is 16.3. The number of benzene rings is 1. The SMILES string of the molecule is N#C/C(=N\N=C1\NN=C2N=c3[nH][nH]c(=O)c3=C(c3ccco3)C21)C(=O)c1ccccc1. The summed E-state index contributed by atoms with van der Waals surface area (Å²) < 4.78 is 5.53. The van der Waals surface area contributed by atoms with Crippen LogP contribution in [0.2, 0.25) is 0 Å². The van der Waals surface area contributed by atoms with Crippen LogP contribution in [-0.4, -0.2) is 33.4 Å². The van der Waals surface area contributed by atoms with E-state index in [2.05, 4.69) is 35.9 Å². The minimum Gasteiger partial charge on any atom is -0.465 e. The zero-order chi connectivity index (χ0) is 21.4. The molecule has 1 aromatic carbocycles. The smallest absolute Gasteiger partial charge is 0.273 e. The number of nitriles is 1. The number of rotatable bonds is 4. The Morgan fingerprint density at radius 2 is 2.00 bits per heavy atom. The summed E-state index contributed by atoms with van der Waals surface area (Å²) in [6.45, 7) is 0. The number of hydrogen-bond donors (Lipinski definition) is 3. The van der Waals surface area contributed by atoms with E-state index in [1.54, 1.807) is 48.5 Å². The van der Waals surface area contributed by atoms with E-state index in [0.717, 1.165) is 0 Å². The first-order chi connectivity index (χ1) is 15.2. The van der Waals surface area contributed by atoms with Crippen molar-refractivity contribution in [3.05, 3.63) is 81.1 Å². The van der Waals surface area contributed by atoms with Gasteiger partial charge in [0.1, 0.15) is 17.7 Å². The van der Waals surface area contributed by atoms with Gasteiger partial charge >= 0.3 is 0 Å². The van der Waals surface area contributed by atoms with E-state index in [4.69, 9.17) is 4.42 Å². The summed E-state index contributed by atoms with van der Waals surface area (Å²) in [6.07, 6.45) is 1.48. The van der Waals surface area contributed by atoms with Gasteiger partial charge in [0.2, 0.25) is 11.5 Å². The van der Waals surface area contributed by atoms with Crippen LogP contribution in [0.1, 0.15) is 16.1 Å². The zero-order valence-electron chi connectivity index (χ0n) is 15.7. The highest BCUT2D eigenvalue weighted by Gasteiger charge is 2.38. The van der Waals surface area contributed by atoms with E-state index in [-0.39, 0.29) is 17.1 Å². The van der Waals surface area contributed by atoms with Gasteiger partial charge in [-0.1, -0.05) is 30.3 Å². The first-order valence-corrected chi connectivity index (χ1v) is 9.10. The Morgan fingerprint density at radius 1 is 1.16 bits per heavy atom. The van der Waals surface area contributed by atoms with E-state index in [1.165, 1.54) is 6.26 Å². The number of hydrogen-bond acceptors (Lipinski definition) is 8. The topological polar surface area (TPSA) is 164 Å². The van der Waals surface area contributed by atoms with Crippen molar-refractivity contribution >= 4 is 28.7 Å². The molecule has 0 spiro atoms. The third kappa shape index (κ3) is 2.99. The lowest BCUT2D eigenvalue weighted by Gasteiger charge is -2.14. The molecular formula is C20H12N8O3. The molecule has 0 radical (unpaired) electrons. The molecule has 0 fully saturated rings. The summed E-state index contributed by atoms with van der Waals surface area (Å²) >= 11 is 0. The van der Waals surface area contributed by atoms with E-state index < -0.39 is 11.7 Å². The Balaban J connectivity index is 1.61. The van der Waals surface area contributed by atoms with E-state index in [1.807, 2.05) is 0 Å². The molecule has 2 aliphatic rings. The van der Waals surface area contributed by atoms with Crippen LogP contribution in [0.25, 0.3) is 5.57 Å². The molecule has 2 aromatic heterocycles. The first-order valence-electron chi connectivity index (χ1n) is 9.10. The van der Waals surface area contributed by atoms with Crippen LogP contribution < -0.4 is 21.7 Å². The number of carbonyl (C=O) groups is 1. The van der Waals surface area contributed by atoms with Crippen molar-refractivity contribution in [2.75, 3.05) is 0 Å². The molecule has 3 aromatic rings. The highest BCUT2D eigenvalue weighted by molar-refractivity contribution is 6.51. The number of furan rings is 1. The molecule has 4 heterocycles. The number of aromatic amines is 2. The Bertz CT molecular complexity index is 1500. The van der Waals surface area contributed by atoms with Crippen molar-refractivity contribution in [3.63, 3.8) is 0 Å². The molecule has 0 aliphatic carbocycles. The maximum atomic E-state index is 12.5. The van der Waals surface area contributed by atoms with Crippen molar-refractivity contribution in [3.8, 4) is 6.07 Å². The summed E-state index contributed by atoms with van der Waals surface area (Å²) in [4.78, 5) is 29.3. The highest BCUT2D eigenvalue weighted by Crippen LogP contribution is 2.27. The summed E-state index contributed by atoms with van der Waals surface area (Å²) in [5, 5.41) is 27.0. The quantitative estimate of drug-likeness (QED) is 0.307. The second-order valence-electron chi connectivity index (χ2n) is 6.56. The molecule has 11 nitrogen and oxygen atoms in total. The van der Waals surface area contributed by atoms with Crippen molar-refractivity contribution in [1.29, 1.82) is 5.26 Å². The van der Waals surface area contributed by atoms with Crippen LogP contribution in [-0.2, 0) is 0 Å². The standard InChI is InChI=1S/C20H12N8O3/c21-9-11(16(29)10-5-2-1-3-6-10)23-26-19-14-13(12-7-4-8-31-12)15-18(25-28-20(15)30)22-17(14)24-27-19/h1-8,14H,(H,26,27)(H,28,30)(H,22,24,25)/b23-11+. The van der Waals surface area contributed by atoms with Gasteiger partial charge < -0.3 is 4.42 Å². The molecule has 31 heavy (non-hydrogen) atoms. The Kier molecular flexibility index (Phi) is 4.22. The molecule has 2 aliphatic heterocycles. The lowest BCUT2D eigenvalue weighted by molar-refractivity contribution is 0.106. The normalized spacial score (nSPS) is 18.5. The maximum Gasteiger partial charge on any atom is 0.273 e. The molecule has 1 unspecified atom stereocenters. The lowest BCUT2D eigenvalue weighted by atomic mass is 9.92. The maximum absolute atomic E-state index is 12.5. The van der Waals surface area contributed by atoms with Crippen molar-refractivity contribution in [2.45, 2.75) is 0 Å². The van der Waals surface area contributed by atoms with Crippen LogP contribution >= 0.6 is 0 Å². The molecule has 11 heteroatoms. The minimum absolute atomic E-state index is 0.199. The van der Waals surface area contributed by atoms with Gasteiger partial charge in [0.15, 0.2) is 17.2 Å². The third-order valence-corrected chi connectivity index (χ3v) is 4.76. The fourth-order valence-corrected chi connectivity index (χ4v) is 3.39. The molecular weight excluding hydrogens is 400 g/mol. The molecule has 0 saturated carbocycles. The van der Waals surface area contributed by atoms with Crippen LogP contribution in [0.3, 0.4) is 0 Å². The fourth-order valence-electron chi connectivity index (χ4n) is 3.39. The summed E-state index contributed by atoms with van der Waals surface area (Å²) in [5.41, 5.74) is 3.08. The van der Waals surface area contributed by atoms with Crippen LogP contribution in [0.4, 0.5) is 0 Å². The number of aromatic nitrogens is 2. The number of nitrogens with one attached hydrogen (secondary N) is 3. The average molecular weight is 412 g/mol. The number of ketones is 1. The van der Waals surface area contributed by atoms with Crippen LogP contribution in [0.5, 0.6) is 0 Å². The number of Topliss-reactive ketones (excluding diaryl/α,β-unsaturated/α-hetero) is 1. The van der Waals surface area contributed by atoms with Gasteiger partial charge in [0, 0.05) is 11.1 Å². The van der Waals surface area contributed by atoms with Crippen molar-refractivity contribution < 1.29 is 9.21 Å². The van der Waals surface area contributed by atoms with Gasteiger partial charge in [-0.2, -0.15) is 10.4 Å². The molecule has 0 saturated heterocycles. The van der Waals surface area contributed by atoms with Crippen LogP contribution in [0.15, 0.2) is 78.2 Å². The number of fused-ring (bicyclic) bond motifs is 2. The van der Waals surface area contributed by atoms with Crippen molar-refractivity contribution in [2.24, 2.45) is 26.2 Å². The predicted octanol–water partition coefficient (Wildman–Crippen LogP) is -0.178. The van der Waals surface area contributed by atoms with E-state index >= 15 is 0 Å². The largest absolute Gasteiger partial charge is 0.465 e. The second kappa shape index (κ2) is 7.20. The minimum atomic E-state index is -0.689. The van der Waals surface area contributed by atoms with E-state index in [9.17, 15) is 14.9 Å². The average Bonchev–Trinajstić information content (AvgIpc) is 3.55. The second-order valence-corrected chi connectivity index (χ2v) is 6.56. The molecule has 5 rings (SSSR count). The number of amidine groups is 2. The Morgan fingerprint density at radius 3 is 2.74 bits per heavy atom. The van der Waals surface area contributed by atoms with Gasteiger partial charge in [0.05, 0.1) is 11.5 Å². The number of H-pyrrole nitrogens is 2. The first kappa shape index (κ1) is 18.2. The molecule has 0 amide bonds. The predicted molar refractivity (Wildman–Crippen MR) is 109 cm³/mol. The monoisotopic (exact) mass is 412 g/mol. The van der Waals surface area contributed by atoms with E-state index in [0.29, 0.717) is 33.4 Å². The van der Waals surface area contributed by atoms with Gasteiger partial charge in [-0.25, -0.2) is 4.99 Å². The zero-order valence-corrected chi connectivity index (χ0v) is 15.7. The number of hydrazone groups is 1. The Hall–Kier alpha value is -4.85. The molecule has 1 atom stereocenters.